The summed E-state index contributed by atoms with van der Waals surface area (Å²) in [5.74, 6) is -2.40. The highest BCUT2D eigenvalue weighted by molar-refractivity contribution is 4.98. The standard InChI is InChI=1S/C9H16O6/c1-2-3-9(14)8(13)7(12)6(11)5(4-10)15-9/h2,5-8,10-14H,1,3-4H2/t5-,6-,7+,8+,9?/m1/s1/i3D/t3?,5-,6-,7+,8+,9?. The van der Waals surface area contributed by atoms with Gasteiger partial charge >= 0.3 is 0 Å². The summed E-state index contributed by atoms with van der Waals surface area (Å²) in [5, 5.41) is 47.2. The SMILES string of the molecule is [2H]C(C=C)C1(O)O[C@H](CO)[C@@H](O)[C@H](O)[C@@H]1O. The number of hydrogen-bond donors (Lipinski definition) is 5. The molecule has 0 amide bonds. The van der Waals surface area contributed by atoms with Crippen molar-refractivity contribution in [1.82, 2.24) is 0 Å². The molecular formula is C9H16O6. The van der Waals surface area contributed by atoms with Gasteiger partial charge in [-0.2, -0.15) is 0 Å². The predicted molar refractivity (Wildman–Crippen MR) is 49.7 cm³/mol. The molecule has 1 rings (SSSR count). The molecule has 6 nitrogen and oxygen atoms in total. The molecule has 1 fully saturated rings. The molecule has 1 heterocycles. The Hall–Kier alpha value is -0.500. The van der Waals surface area contributed by atoms with Crippen molar-refractivity contribution in [3.63, 3.8) is 0 Å². The topological polar surface area (TPSA) is 110 Å². The Bertz CT molecular complexity index is 260. The van der Waals surface area contributed by atoms with Crippen molar-refractivity contribution in [2.75, 3.05) is 6.61 Å². The molecule has 0 spiro atoms. The van der Waals surface area contributed by atoms with Crippen LogP contribution in [-0.2, 0) is 4.74 Å². The summed E-state index contributed by atoms with van der Waals surface area (Å²) in [6.07, 6.45) is -6.76. The number of ether oxygens (including phenoxy) is 1. The molecule has 2 unspecified atom stereocenters. The molecule has 6 atom stereocenters. The van der Waals surface area contributed by atoms with Gasteiger partial charge in [-0.1, -0.05) is 6.08 Å². The molecule has 0 aromatic heterocycles. The molecule has 88 valence electrons. The molecular weight excluding hydrogens is 204 g/mol. The van der Waals surface area contributed by atoms with Crippen molar-refractivity contribution in [3.8, 4) is 0 Å². The van der Waals surface area contributed by atoms with Gasteiger partial charge in [0.15, 0.2) is 5.79 Å². The molecule has 6 heteroatoms. The van der Waals surface area contributed by atoms with Gasteiger partial charge in [-0.25, -0.2) is 0 Å². The predicted octanol–water partition coefficient (Wildman–Crippen LogP) is -2.28. The summed E-state index contributed by atoms with van der Waals surface area (Å²) in [5.41, 5.74) is 0. The van der Waals surface area contributed by atoms with Crippen LogP contribution in [0.1, 0.15) is 7.77 Å². The fourth-order valence-electron chi connectivity index (χ4n) is 1.49. The third kappa shape index (κ3) is 2.20. The summed E-state index contributed by atoms with van der Waals surface area (Å²) in [6.45, 7) is 2.61. The van der Waals surface area contributed by atoms with E-state index in [0.29, 0.717) is 0 Å². The van der Waals surface area contributed by atoms with E-state index in [1.165, 1.54) is 0 Å². The van der Waals surface area contributed by atoms with E-state index >= 15 is 0 Å². The van der Waals surface area contributed by atoms with Gasteiger partial charge in [0.1, 0.15) is 24.4 Å². The molecule has 0 aliphatic carbocycles. The summed E-state index contributed by atoms with van der Waals surface area (Å²) in [7, 11) is 0. The van der Waals surface area contributed by atoms with Crippen LogP contribution >= 0.6 is 0 Å². The molecule has 15 heavy (non-hydrogen) atoms. The van der Waals surface area contributed by atoms with E-state index in [-0.39, 0.29) is 0 Å². The van der Waals surface area contributed by atoms with Crippen molar-refractivity contribution in [1.29, 1.82) is 0 Å². The third-order valence-corrected chi connectivity index (χ3v) is 2.35. The van der Waals surface area contributed by atoms with Gasteiger partial charge in [-0.3, -0.25) is 0 Å². The van der Waals surface area contributed by atoms with Crippen LogP contribution in [0.15, 0.2) is 12.7 Å². The average molecular weight is 221 g/mol. The first-order chi connectivity index (χ1) is 7.38. The highest BCUT2D eigenvalue weighted by Gasteiger charge is 2.51. The van der Waals surface area contributed by atoms with Crippen LogP contribution in [0.3, 0.4) is 0 Å². The maximum atomic E-state index is 9.88. The zero-order chi connectivity index (χ0) is 12.5. The molecule has 0 bridgehead atoms. The van der Waals surface area contributed by atoms with Crippen molar-refractivity contribution in [2.24, 2.45) is 0 Å². The Kier molecular flexibility index (Phi) is 3.35. The second-order valence-electron chi connectivity index (χ2n) is 3.42. The van der Waals surface area contributed by atoms with Crippen LogP contribution in [0.25, 0.3) is 0 Å². The minimum Gasteiger partial charge on any atom is -0.394 e. The van der Waals surface area contributed by atoms with Crippen molar-refractivity contribution in [3.05, 3.63) is 12.7 Å². The van der Waals surface area contributed by atoms with E-state index in [1.54, 1.807) is 0 Å². The lowest BCUT2D eigenvalue weighted by molar-refractivity contribution is -0.347. The Labute approximate surface area is 88.5 Å². The molecule has 0 aromatic rings. The number of hydrogen-bond acceptors (Lipinski definition) is 6. The van der Waals surface area contributed by atoms with Gasteiger partial charge in [0.05, 0.1) is 6.61 Å². The zero-order valence-electron chi connectivity index (χ0n) is 9.02. The van der Waals surface area contributed by atoms with Gasteiger partial charge < -0.3 is 30.3 Å². The summed E-state index contributed by atoms with van der Waals surface area (Å²) >= 11 is 0. The highest BCUT2D eigenvalue weighted by Crippen LogP contribution is 2.30. The smallest absolute Gasteiger partial charge is 0.198 e. The molecule has 0 aromatic carbocycles. The largest absolute Gasteiger partial charge is 0.394 e. The van der Waals surface area contributed by atoms with E-state index in [2.05, 4.69) is 6.58 Å². The summed E-state index contributed by atoms with van der Waals surface area (Å²) in [6, 6.07) is 0. The Balaban J connectivity index is 2.98. The zero-order valence-corrected chi connectivity index (χ0v) is 8.02. The fraction of sp³-hybridized carbons (Fsp3) is 0.778. The number of aliphatic hydroxyl groups excluding tert-OH is 4. The van der Waals surface area contributed by atoms with Crippen molar-refractivity contribution in [2.45, 2.75) is 36.6 Å². The summed E-state index contributed by atoms with van der Waals surface area (Å²) < 4.78 is 12.3. The first-order valence-electron chi connectivity index (χ1n) is 5.06. The average Bonchev–Trinajstić information content (AvgIpc) is 2.30. The Morgan fingerprint density at radius 3 is 2.47 bits per heavy atom. The van der Waals surface area contributed by atoms with Crippen LogP contribution in [-0.4, -0.2) is 62.3 Å². The first-order valence-corrected chi connectivity index (χ1v) is 4.48. The molecule has 0 saturated carbocycles. The Morgan fingerprint density at radius 2 is 2.00 bits per heavy atom. The van der Waals surface area contributed by atoms with Crippen LogP contribution in [0.2, 0.25) is 0 Å². The van der Waals surface area contributed by atoms with Crippen molar-refractivity contribution < 1.29 is 31.6 Å². The lowest BCUT2D eigenvalue weighted by Gasteiger charge is -2.45. The van der Waals surface area contributed by atoms with Gasteiger partial charge in [-0.15, -0.1) is 6.58 Å². The first kappa shape index (κ1) is 11.0. The number of rotatable bonds is 3. The monoisotopic (exact) mass is 221 g/mol. The highest BCUT2D eigenvalue weighted by atomic mass is 16.7. The molecule has 5 N–H and O–H groups in total. The van der Waals surface area contributed by atoms with Crippen molar-refractivity contribution >= 4 is 0 Å². The fourth-order valence-corrected chi connectivity index (χ4v) is 1.49. The van der Waals surface area contributed by atoms with Crippen LogP contribution in [0.5, 0.6) is 0 Å². The maximum Gasteiger partial charge on any atom is 0.198 e. The second kappa shape index (κ2) is 4.56. The second-order valence-corrected chi connectivity index (χ2v) is 3.42. The summed E-state index contributed by atoms with van der Waals surface area (Å²) in [4.78, 5) is 0. The minimum atomic E-state index is -2.40. The molecule has 1 aliphatic heterocycles. The third-order valence-electron chi connectivity index (χ3n) is 2.35. The van der Waals surface area contributed by atoms with Gasteiger partial charge in [-0.05, 0) is 0 Å². The van der Waals surface area contributed by atoms with Gasteiger partial charge in [0.25, 0.3) is 0 Å². The van der Waals surface area contributed by atoms with Crippen LogP contribution in [0, 0.1) is 0 Å². The molecule has 1 saturated heterocycles. The van der Waals surface area contributed by atoms with E-state index in [1.807, 2.05) is 0 Å². The normalized spacial score (nSPS) is 49.5. The van der Waals surface area contributed by atoms with E-state index in [0.717, 1.165) is 6.08 Å². The van der Waals surface area contributed by atoms with Gasteiger partial charge in [0.2, 0.25) is 0 Å². The lowest BCUT2D eigenvalue weighted by atomic mass is 9.91. The van der Waals surface area contributed by atoms with E-state index < -0.39 is 43.2 Å². The Morgan fingerprint density at radius 1 is 1.40 bits per heavy atom. The quantitative estimate of drug-likeness (QED) is 0.344. The van der Waals surface area contributed by atoms with E-state index in [9.17, 15) is 20.4 Å². The van der Waals surface area contributed by atoms with Gasteiger partial charge in [0, 0.05) is 7.77 Å². The van der Waals surface area contributed by atoms with E-state index in [4.69, 9.17) is 11.2 Å². The molecule has 1 aliphatic rings. The molecule has 0 radical (unpaired) electrons. The van der Waals surface area contributed by atoms with Crippen LogP contribution in [0.4, 0.5) is 0 Å². The van der Waals surface area contributed by atoms with Crippen LogP contribution < -0.4 is 0 Å². The lowest BCUT2D eigenvalue weighted by Crippen LogP contribution is -2.64. The maximum absolute atomic E-state index is 9.88. The minimum absolute atomic E-state index is 0.656. The number of aliphatic hydroxyl groups is 5.